The fourth-order valence-corrected chi connectivity index (χ4v) is 2.39. The molecule has 0 aromatic carbocycles. The van der Waals surface area contributed by atoms with Gasteiger partial charge < -0.3 is 9.16 Å². The third kappa shape index (κ3) is 3.34. The molecule has 1 amide bonds. The van der Waals surface area contributed by atoms with Crippen molar-refractivity contribution >= 4 is 14.4 Å². The summed E-state index contributed by atoms with van der Waals surface area (Å²) in [5.74, 6) is 0. The predicted octanol–water partition coefficient (Wildman–Crippen LogP) is 2.90. The summed E-state index contributed by atoms with van der Waals surface area (Å²) < 4.78 is 10.8. The van der Waals surface area contributed by atoms with E-state index >= 15 is 0 Å². The molecule has 104 valence electrons. The summed E-state index contributed by atoms with van der Waals surface area (Å²) in [5, 5.41) is 1.22. The van der Waals surface area contributed by atoms with Gasteiger partial charge in [-0.3, -0.25) is 4.84 Å². The molecule has 1 rings (SSSR count). The lowest BCUT2D eigenvalue weighted by Crippen LogP contribution is -2.51. The van der Waals surface area contributed by atoms with Crippen molar-refractivity contribution < 1.29 is 18.8 Å². The van der Waals surface area contributed by atoms with Crippen molar-refractivity contribution in [1.82, 2.24) is 5.06 Å². The molecule has 0 saturated carbocycles. The second-order valence-electron chi connectivity index (χ2n) is 5.79. The summed E-state index contributed by atoms with van der Waals surface area (Å²) in [6.07, 6.45) is 2.63. The van der Waals surface area contributed by atoms with E-state index in [1.807, 2.05) is 12.2 Å². The van der Waals surface area contributed by atoms with E-state index in [2.05, 4.69) is 38.6 Å². The number of hydrogen-bond acceptors (Lipinski definition) is 4. The molecular weight excluding hydrogens is 250 g/mol. The summed E-state index contributed by atoms with van der Waals surface area (Å²) in [4.78, 5) is 16.9. The van der Waals surface area contributed by atoms with Crippen molar-refractivity contribution in [3.63, 3.8) is 0 Å². The van der Waals surface area contributed by atoms with E-state index in [1.54, 1.807) is 0 Å². The van der Waals surface area contributed by atoms with Crippen LogP contribution in [0.1, 0.15) is 20.8 Å². The summed E-state index contributed by atoms with van der Waals surface area (Å²) in [6, 6.07) is 0. The average molecular weight is 273 g/mol. The summed E-state index contributed by atoms with van der Waals surface area (Å²) in [5.41, 5.74) is 0. The van der Waals surface area contributed by atoms with Crippen LogP contribution < -0.4 is 0 Å². The Hall–Kier alpha value is -0.853. The van der Waals surface area contributed by atoms with Crippen molar-refractivity contribution in [2.24, 2.45) is 0 Å². The molecule has 0 radical (unpaired) electrons. The van der Waals surface area contributed by atoms with Crippen molar-refractivity contribution in [2.45, 2.75) is 45.1 Å². The highest BCUT2D eigenvalue weighted by Crippen LogP contribution is 2.38. The molecule has 1 aliphatic heterocycles. The number of hydrogen-bond donors (Lipinski definition) is 0. The fourth-order valence-electron chi connectivity index (χ4n) is 1.26. The van der Waals surface area contributed by atoms with Gasteiger partial charge in [-0.05, 0) is 24.2 Å². The van der Waals surface area contributed by atoms with Crippen LogP contribution in [0.25, 0.3) is 0 Å². The Morgan fingerprint density at radius 2 is 2.06 bits per heavy atom. The highest BCUT2D eigenvalue weighted by Gasteiger charge is 2.41. The summed E-state index contributed by atoms with van der Waals surface area (Å²) >= 11 is 0. The van der Waals surface area contributed by atoms with Crippen LogP contribution in [0.5, 0.6) is 0 Å². The Balaban J connectivity index is 2.83. The monoisotopic (exact) mass is 273 g/mol. The van der Waals surface area contributed by atoms with Crippen LogP contribution in [-0.2, 0) is 14.0 Å². The molecule has 0 saturated heterocycles. The summed E-state index contributed by atoms with van der Waals surface area (Å²) in [6.45, 7) is 11.1. The van der Waals surface area contributed by atoms with E-state index in [1.165, 1.54) is 7.11 Å². The van der Waals surface area contributed by atoms with Gasteiger partial charge in [-0.25, -0.2) is 4.79 Å². The minimum Gasteiger partial charge on any atom is -0.451 e. The molecule has 0 N–H and O–H groups in total. The van der Waals surface area contributed by atoms with Crippen molar-refractivity contribution in [3.05, 3.63) is 12.2 Å². The van der Waals surface area contributed by atoms with E-state index in [9.17, 15) is 4.79 Å². The van der Waals surface area contributed by atoms with Gasteiger partial charge in [0.2, 0.25) is 0 Å². The largest absolute Gasteiger partial charge is 0.451 e. The number of carbonyl (C=O) groups is 1. The number of carbonyl (C=O) groups excluding carboxylic acids is 1. The Kier molecular flexibility index (Phi) is 4.58. The number of methoxy groups -OCH3 is 1. The lowest BCUT2D eigenvalue weighted by molar-refractivity contribution is -0.190. The molecule has 1 aliphatic rings. The molecule has 6 heteroatoms. The Bertz CT molecular complexity index is 335. The second-order valence-corrected chi connectivity index (χ2v) is 10.5. The first-order chi connectivity index (χ1) is 8.19. The molecule has 0 aromatic rings. The number of ether oxygens (including phenoxy) is 1. The molecule has 1 unspecified atom stereocenters. The average Bonchev–Trinajstić information content (AvgIpc) is 2.26. The third-order valence-corrected chi connectivity index (χ3v) is 7.86. The molecule has 0 aliphatic carbocycles. The van der Waals surface area contributed by atoms with Crippen LogP contribution in [0.3, 0.4) is 0 Å². The van der Waals surface area contributed by atoms with Crippen LogP contribution in [0.2, 0.25) is 18.1 Å². The molecule has 0 fully saturated rings. The first-order valence-electron chi connectivity index (χ1n) is 6.03. The predicted molar refractivity (Wildman–Crippen MR) is 71.4 cm³/mol. The van der Waals surface area contributed by atoms with Crippen LogP contribution in [-0.4, -0.2) is 39.4 Å². The quantitative estimate of drug-likeness (QED) is 0.573. The SMILES string of the molecule is COC(=O)N1OCC=CC1O[Si](C)(C)C(C)(C)C. The molecule has 0 spiro atoms. The van der Waals surface area contributed by atoms with Gasteiger partial charge in [-0.2, -0.15) is 5.06 Å². The number of amides is 1. The van der Waals surface area contributed by atoms with Gasteiger partial charge in [-0.1, -0.05) is 26.8 Å². The van der Waals surface area contributed by atoms with E-state index in [-0.39, 0.29) is 5.04 Å². The number of rotatable bonds is 2. The summed E-state index contributed by atoms with van der Waals surface area (Å²) in [7, 11) is -0.647. The molecule has 1 atom stereocenters. The topological polar surface area (TPSA) is 48.0 Å². The first kappa shape index (κ1) is 15.2. The maximum atomic E-state index is 11.6. The van der Waals surface area contributed by atoms with E-state index in [0.29, 0.717) is 6.61 Å². The third-order valence-electron chi connectivity index (χ3n) is 3.42. The maximum Gasteiger partial charge on any atom is 0.436 e. The minimum atomic E-state index is -1.97. The van der Waals surface area contributed by atoms with E-state index in [4.69, 9.17) is 9.26 Å². The first-order valence-corrected chi connectivity index (χ1v) is 8.94. The van der Waals surface area contributed by atoms with Gasteiger partial charge in [0, 0.05) is 0 Å². The smallest absolute Gasteiger partial charge is 0.436 e. The molecule has 0 aromatic heterocycles. The van der Waals surface area contributed by atoms with Crippen LogP contribution in [0, 0.1) is 0 Å². The lowest BCUT2D eigenvalue weighted by atomic mass is 10.2. The zero-order valence-corrected chi connectivity index (χ0v) is 13.0. The number of nitrogens with zero attached hydrogens (tertiary/aromatic N) is 1. The van der Waals surface area contributed by atoms with Gasteiger partial charge in [0.1, 0.15) is 0 Å². The van der Waals surface area contributed by atoms with E-state index < -0.39 is 20.6 Å². The standard InChI is InChI=1S/C12H23NO4Si/c1-12(2,3)18(5,6)17-10-8-7-9-16-13(10)11(14)15-4/h7-8,10H,9H2,1-6H3. The Labute approximate surface area is 110 Å². The zero-order valence-electron chi connectivity index (χ0n) is 12.0. The molecule has 1 heterocycles. The molecular formula is C12H23NO4Si. The molecule has 5 nitrogen and oxygen atoms in total. The van der Waals surface area contributed by atoms with Crippen molar-refractivity contribution in [3.8, 4) is 0 Å². The maximum absolute atomic E-state index is 11.6. The normalized spacial score (nSPS) is 21.0. The van der Waals surface area contributed by atoms with Crippen LogP contribution in [0.4, 0.5) is 4.79 Å². The highest BCUT2D eigenvalue weighted by atomic mass is 28.4. The fraction of sp³-hybridized carbons (Fsp3) is 0.750. The number of hydroxylamine groups is 2. The molecule has 18 heavy (non-hydrogen) atoms. The van der Waals surface area contributed by atoms with Gasteiger partial charge in [0.15, 0.2) is 14.5 Å². The lowest BCUT2D eigenvalue weighted by Gasteiger charge is -2.41. The van der Waals surface area contributed by atoms with Crippen LogP contribution in [0.15, 0.2) is 12.2 Å². The zero-order chi connectivity index (χ0) is 14.0. The second kappa shape index (κ2) is 5.42. The van der Waals surface area contributed by atoms with Crippen molar-refractivity contribution in [1.29, 1.82) is 0 Å². The molecule has 0 bridgehead atoms. The van der Waals surface area contributed by atoms with E-state index in [0.717, 1.165) is 5.06 Å². The van der Waals surface area contributed by atoms with Gasteiger partial charge in [0.05, 0.1) is 13.7 Å². The Morgan fingerprint density at radius 1 is 1.44 bits per heavy atom. The van der Waals surface area contributed by atoms with Gasteiger partial charge in [0.25, 0.3) is 0 Å². The van der Waals surface area contributed by atoms with Gasteiger partial charge in [-0.15, -0.1) is 0 Å². The minimum absolute atomic E-state index is 0.0695. The van der Waals surface area contributed by atoms with Crippen molar-refractivity contribution in [2.75, 3.05) is 13.7 Å². The highest BCUT2D eigenvalue weighted by molar-refractivity contribution is 6.74. The van der Waals surface area contributed by atoms with Gasteiger partial charge >= 0.3 is 6.09 Å². The Morgan fingerprint density at radius 3 is 2.56 bits per heavy atom. The van der Waals surface area contributed by atoms with Crippen LogP contribution >= 0.6 is 0 Å².